The highest BCUT2D eigenvalue weighted by Gasteiger charge is 2.27. The Kier molecular flexibility index (Phi) is 3.92. The summed E-state index contributed by atoms with van der Waals surface area (Å²) in [6, 6.07) is 17.8. The lowest BCUT2D eigenvalue weighted by Gasteiger charge is -2.13. The average molecular weight is 321 g/mol. The molecule has 1 fully saturated rings. The van der Waals surface area contributed by atoms with Gasteiger partial charge >= 0.3 is 0 Å². The van der Waals surface area contributed by atoms with Crippen LogP contribution in [0.4, 0.5) is 0 Å². The molecule has 2 heterocycles. The summed E-state index contributed by atoms with van der Waals surface area (Å²) in [6.45, 7) is 0.962. The van der Waals surface area contributed by atoms with E-state index in [1.54, 1.807) is 0 Å². The van der Waals surface area contributed by atoms with Crippen molar-refractivity contribution < 1.29 is 9.84 Å². The van der Waals surface area contributed by atoms with E-state index in [9.17, 15) is 9.90 Å². The van der Waals surface area contributed by atoms with Gasteiger partial charge in [0.15, 0.2) is 0 Å². The highest BCUT2D eigenvalue weighted by atomic mass is 16.5. The van der Waals surface area contributed by atoms with E-state index in [0.29, 0.717) is 19.6 Å². The molecule has 0 saturated carbocycles. The number of aliphatic hydroxyl groups excluding tert-OH is 1. The van der Waals surface area contributed by atoms with Gasteiger partial charge in [-0.1, -0.05) is 42.5 Å². The SMILES string of the molecule is O=c1[nH]c2ccccc2cc1Cc1ccc([C@H]2COCC2O)cc1. The topological polar surface area (TPSA) is 62.3 Å². The fourth-order valence-electron chi connectivity index (χ4n) is 3.29. The third kappa shape index (κ3) is 2.86. The summed E-state index contributed by atoms with van der Waals surface area (Å²) in [6.07, 6.45) is 0.156. The minimum atomic E-state index is -0.431. The number of benzene rings is 2. The number of nitrogens with one attached hydrogen (secondary N) is 1. The van der Waals surface area contributed by atoms with Crippen molar-refractivity contribution in [2.45, 2.75) is 18.4 Å². The Hall–Kier alpha value is -2.43. The van der Waals surface area contributed by atoms with Crippen LogP contribution in [-0.4, -0.2) is 29.4 Å². The Bertz CT molecular complexity index is 914. The number of pyridine rings is 1. The Morgan fingerprint density at radius 3 is 2.62 bits per heavy atom. The number of hydrogen-bond donors (Lipinski definition) is 2. The zero-order chi connectivity index (χ0) is 16.5. The number of aromatic amines is 1. The maximum Gasteiger partial charge on any atom is 0.251 e. The van der Waals surface area contributed by atoms with Gasteiger partial charge in [0, 0.05) is 23.4 Å². The lowest BCUT2D eigenvalue weighted by atomic mass is 9.94. The van der Waals surface area contributed by atoms with Crippen LogP contribution in [0.3, 0.4) is 0 Å². The van der Waals surface area contributed by atoms with Crippen molar-refractivity contribution in [1.82, 2.24) is 4.98 Å². The first-order valence-corrected chi connectivity index (χ1v) is 8.16. The molecule has 24 heavy (non-hydrogen) atoms. The van der Waals surface area contributed by atoms with E-state index in [1.165, 1.54) is 0 Å². The van der Waals surface area contributed by atoms with Crippen LogP contribution in [-0.2, 0) is 11.2 Å². The lowest BCUT2D eigenvalue weighted by Crippen LogP contribution is -2.15. The summed E-state index contributed by atoms with van der Waals surface area (Å²) < 4.78 is 5.31. The van der Waals surface area contributed by atoms with Crippen LogP contribution in [0.25, 0.3) is 10.9 Å². The van der Waals surface area contributed by atoms with E-state index in [1.807, 2.05) is 54.6 Å². The number of aromatic nitrogens is 1. The van der Waals surface area contributed by atoms with Gasteiger partial charge in [-0.05, 0) is 28.6 Å². The predicted octanol–water partition coefficient (Wildman–Crippen LogP) is 2.59. The molecule has 2 aromatic carbocycles. The third-order valence-electron chi connectivity index (χ3n) is 4.68. The molecule has 1 saturated heterocycles. The monoisotopic (exact) mass is 321 g/mol. The minimum Gasteiger partial charge on any atom is -0.390 e. The Morgan fingerprint density at radius 2 is 1.88 bits per heavy atom. The molecule has 2 atom stereocenters. The molecular formula is C20H19NO3. The molecule has 122 valence electrons. The first-order chi connectivity index (χ1) is 11.7. The number of ether oxygens (including phenoxy) is 1. The fraction of sp³-hybridized carbons (Fsp3) is 0.250. The fourth-order valence-corrected chi connectivity index (χ4v) is 3.29. The van der Waals surface area contributed by atoms with Crippen LogP contribution in [0.15, 0.2) is 59.4 Å². The molecule has 1 aliphatic heterocycles. The molecule has 3 aromatic rings. The van der Waals surface area contributed by atoms with Crippen molar-refractivity contribution >= 4 is 10.9 Å². The number of fused-ring (bicyclic) bond motifs is 1. The van der Waals surface area contributed by atoms with Gasteiger partial charge < -0.3 is 14.8 Å². The molecule has 1 aliphatic rings. The van der Waals surface area contributed by atoms with E-state index in [2.05, 4.69) is 4.98 Å². The van der Waals surface area contributed by atoms with Crippen molar-refractivity contribution in [3.05, 3.63) is 81.6 Å². The summed E-state index contributed by atoms with van der Waals surface area (Å²) in [4.78, 5) is 15.2. The van der Waals surface area contributed by atoms with Gasteiger partial charge in [0.25, 0.3) is 5.56 Å². The summed E-state index contributed by atoms with van der Waals surface area (Å²) in [5.41, 5.74) is 3.73. The van der Waals surface area contributed by atoms with Crippen LogP contribution in [0, 0.1) is 0 Å². The zero-order valence-electron chi connectivity index (χ0n) is 13.2. The molecule has 0 bridgehead atoms. The predicted molar refractivity (Wildman–Crippen MR) is 93.4 cm³/mol. The minimum absolute atomic E-state index is 0.0441. The van der Waals surface area contributed by atoms with Crippen LogP contribution in [0.5, 0.6) is 0 Å². The normalized spacial score (nSPS) is 20.5. The second-order valence-electron chi connectivity index (χ2n) is 6.34. The standard InChI is InChI=1S/C20H19NO3/c22-19-12-24-11-17(19)14-7-5-13(6-8-14)9-16-10-15-3-1-2-4-18(15)21-20(16)23/h1-8,10,17,19,22H,9,11-12H2,(H,21,23)/t17-,19?/m1/s1. The van der Waals surface area contributed by atoms with Gasteiger partial charge in [0.05, 0.1) is 19.3 Å². The third-order valence-corrected chi connectivity index (χ3v) is 4.68. The van der Waals surface area contributed by atoms with Gasteiger partial charge in [-0.3, -0.25) is 4.79 Å². The van der Waals surface area contributed by atoms with Crippen LogP contribution in [0.2, 0.25) is 0 Å². The lowest BCUT2D eigenvalue weighted by molar-refractivity contribution is 0.124. The second-order valence-corrected chi connectivity index (χ2v) is 6.34. The summed E-state index contributed by atoms with van der Waals surface area (Å²) in [5.74, 6) is 0.0446. The van der Waals surface area contributed by atoms with E-state index < -0.39 is 6.10 Å². The van der Waals surface area contributed by atoms with Crippen molar-refractivity contribution in [3.63, 3.8) is 0 Å². The molecule has 2 N–H and O–H groups in total. The number of hydrogen-bond acceptors (Lipinski definition) is 3. The second kappa shape index (κ2) is 6.23. The first-order valence-electron chi connectivity index (χ1n) is 8.16. The molecule has 4 heteroatoms. The Labute approximate surface area is 139 Å². The van der Waals surface area contributed by atoms with E-state index in [0.717, 1.165) is 27.6 Å². The smallest absolute Gasteiger partial charge is 0.251 e. The molecule has 0 radical (unpaired) electrons. The number of rotatable bonds is 3. The molecule has 4 rings (SSSR count). The summed E-state index contributed by atoms with van der Waals surface area (Å²) in [5, 5.41) is 11.0. The first kappa shape index (κ1) is 15.1. The maximum absolute atomic E-state index is 12.3. The quantitative estimate of drug-likeness (QED) is 0.779. The highest BCUT2D eigenvalue weighted by Crippen LogP contribution is 2.26. The average Bonchev–Trinajstić information content (AvgIpc) is 3.02. The summed E-state index contributed by atoms with van der Waals surface area (Å²) in [7, 11) is 0. The maximum atomic E-state index is 12.3. The van der Waals surface area contributed by atoms with Gasteiger partial charge in [0.1, 0.15) is 0 Å². The van der Waals surface area contributed by atoms with Crippen LogP contribution < -0.4 is 5.56 Å². The molecule has 1 aromatic heterocycles. The van der Waals surface area contributed by atoms with Crippen molar-refractivity contribution in [1.29, 1.82) is 0 Å². The highest BCUT2D eigenvalue weighted by molar-refractivity contribution is 5.78. The largest absolute Gasteiger partial charge is 0.390 e. The molecule has 4 nitrogen and oxygen atoms in total. The van der Waals surface area contributed by atoms with Crippen molar-refractivity contribution in [3.8, 4) is 0 Å². The van der Waals surface area contributed by atoms with Gasteiger partial charge in [-0.25, -0.2) is 0 Å². The van der Waals surface area contributed by atoms with E-state index >= 15 is 0 Å². The molecule has 0 aliphatic carbocycles. The van der Waals surface area contributed by atoms with Crippen LogP contribution in [0.1, 0.15) is 22.6 Å². The van der Waals surface area contributed by atoms with Gasteiger partial charge in [0.2, 0.25) is 0 Å². The van der Waals surface area contributed by atoms with Crippen LogP contribution >= 0.6 is 0 Å². The molecular weight excluding hydrogens is 302 g/mol. The molecule has 0 spiro atoms. The van der Waals surface area contributed by atoms with Crippen molar-refractivity contribution in [2.24, 2.45) is 0 Å². The Morgan fingerprint density at radius 1 is 1.08 bits per heavy atom. The Balaban J connectivity index is 1.59. The van der Waals surface area contributed by atoms with Crippen molar-refractivity contribution in [2.75, 3.05) is 13.2 Å². The van der Waals surface area contributed by atoms with E-state index in [4.69, 9.17) is 4.74 Å². The zero-order valence-corrected chi connectivity index (χ0v) is 13.2. The number of aliphatic hydroxyl groups is 1. The van der Waals surface area contributed by atoms with Gasteiger partial charge in [-0.2, -0.15) is 0 Å². The number of H-pyrrole nitrogens is 1. The number of para-hydroxylation sites is 1. The van der Waals surface area contributed by atoms with E-state index in [-0.39, 0.29) is 11.5 Å². The summed E-state index contributed by atoms with van der Waals surface area (Å²) >= 11 is 0. The van der Waals surface area contributed by atoms with Gasteiger partial charge in [-0.15, -0.1) is 0 Å². The molecule has 0 amide bonds. The molecule has 1 unspecified atom stereocenters.